The van der Waals surface area contributed by atoms with Crippen LogP contribution in [0.4, 0.5) is 0 Å². The first-order valence-corrected chi connectivity index (χ1v) is 7.27. The van der Waals surface area contributed by atoms with Gasteiger partial charge in [0.05, 0.1) is 16.7 Å². The second-order valence-corrected chi connectivity index (χ2v) is 5.71. The summed E-state index contributed by atoms with van der Waals surface area (Å²) in [5.74, 6) is -0.0855. The van der Waals surface area contributed by atoms with Crippen LogP contribution in [0.2, 0.25) is 5.02 Å². The molecule has 0 bridgehead atoms. The number of benzene rings is 1. The first-order valence-electron chi connectivity index (χ1n) is 6.90. The number of rotatable bonds is 6. The van der Waals surface area contributed by atoms with E-state index in [9.17, 15) is 9.90 Å². The lowest BCUT2D eigenvalue weighted by Gasteiger charge is -2.16. The minimum atomic E-state index is -1.09. The fourth-order valence-corrected chi connectivity index (χ4v) is 2.85. The molecule has 1 unspecified atom stereocenters. The summed E-state index contributed by atoms with van der Waals surface area (Å²) >= 11 is 5.78. The monoisotopic (exact) mass is 298 g/mol. The number of carboxylic acids is 1. The Morgan fingerprint density at radius 3 is 2.75 bits per heavy atom. The average Bonchev–Trinajstić information content (AvgIpc) is 2.90. The van der Waals surface area contributed by atoms with Gasteiger partial charge in [0.15, 0.2) is 0 Å². The molecule has 0 spiro atoms. The Kier molecular flexibility index (Phi) is 5.26. The highest BCUT2D eigenvalue weighted by molar-refractivity contribution is 6.33. The first kappa shape index (κ1) is 15.1. The molecule has 2 N–H and O–H groups in total. The van der Waals surface area contributed by atoms with Gasteiger partial charge in [-0.15, -0.1) is 0 Å². The van der Waals surface area contributed by atoms with E-state index in [-0.39, 0.29) is 17.2 Å². The number of halogens is 1. The van der Waals surface area contributed by atoms with Gasteiger partial charge in [0.25, 0.3) is 0 Å². The summed E-state index contributed by atoms with van der Waals surface area (Å²) in [5.41, 5.74) is 0.00875. The zero-order valence-electron chi connectivity index (χ0n) is 11.2. The van der Waals surface area contributed by atoms with Crippen molar-refractivity contribution in [1.29, 1.82) is 0 Å². The van der Waals surface area contributed by atoms with Crippen LogP contribution in [0.5, 0.6) is 5.75 Å². The van der Waals surface area contributed by atoms with Crippen LogP contribution in [0.1, 0.15) is 42.5 Å². The molecule has 1 aliphatic rings. The lowest BCUT2D eigenvalue weighted by atomic mass is 10.0. The van der Waals surface area contributed by atoms with E-state index in [1.807, 2.05) is 0 Å². The number of carbonyl (C=O) groups is 1. The third kappa shape index (κ3) is 4.12. The SMILES string of the molecule is O=C(O)c1cc(OCC(O)CC2CCCC2)ccc1Cl. The third-order valence-electron chi connectivity index (χ3n) is 3.69. The quantitative estimate of drug-likeness (QED) is 0.845. The van der Waals surface area contributed by atoms with Gasteiger partial charge >= 0.3 is 5.97 Å². The van der Waals surface area contributed by atoms with Crippen molar-refractivity contribution in [3.05, 3.63) is 28.8 Å². The van der Waals surface area contributed by atoms with Crippen molar-refractivity contribution < 1.29 is 19.7 Å². The van der Waals surface area contributed by atoms with Gasteiger partial charge < -0.3 is 14.9 Å². The largest absolute Gasteiger partial charge is 0.491 e. The van der Waals surface area contributed by atoms with Gasteiger partial charge in [-0.3, -0.25) is 0 Å². The van der Waals surface area contributed by atoms with Gasteiger partial charge in [-0.25, -0.2) is 4.79 Å². The summed E-state index contributed by atoms with van der Waals surface area (Å²) in [7, 11) is 0. The van der Waals surface area contributed by atoms with E-state index < -0.39 is 12.1 Å². The molecular weight excluding hydrogens is 280 g/mol. The summed E-state index contributed by atoms with van der Waals surface area (Å²) in [5, 5.41) is 19.1. The van der Waals surface area contributed by atoms with Gasteiger partial charge in [-0.1, -0.05) is 37.3 Å². The number of carboxylic acid groups (broad SMARTS) is 1. The molecule has 1 aromatic carbocycles. The predicted octanol–water partition coefficient (Wildman–Crippen LogP) is 3.36. The van der Waals surface area contributed by atoms with E-state index in [0.717, 1.165) is 6.42 Å². The van der Waals surface area contributed by atoms with Crippen LogP contribution in [0.15, 0.2) is 18.2 Å². The van der Waals surface area contributed by atoms with Crippen molar-refractivity contribution in [1.82, 2.24) is 0 Å². The lowest BCUT2D eigenvalue weighted by molar-refractivity contribution is 0.0695. The van der Waals surface area contributed by atoms with Crippen molar-refractivity contribution in [3.63, 3.8) is 0 Å². The van der Waals surface area contributed by atoms with Gasteiger partial charge in [0.2, 0.25) is 0 Å². The van der Waals surface area contributed by atoms with Crippen molar-refractivity contribution >= 4 is 17.6 Å². The van der Waals surface area contributed by atoms with E-state index in [0.29, 0.717) is 11.7 Å². The van der Waals surface area contributed by atoms with Crippen LogP contribution in [0, 0.1) is 5.92 Å². The minimum absolute atomic E-state index is 0.00875. The van der Waals surface area contributed by atoms with Crippen LogP contribution in [-0.2, 0) is 0 Å². The maximum atomic E-state index is 11.0. The molecule has 1 atom stereocenters. The topological polar surface area (TPSA) is 66.8 Å². The summed E-state index contributed by atoms with van der Waals surface area (Å²) in [6, 6.07) is 4.48. The zero-order valence-corrected chi connectivity index (χ0v) is 12.0. The molecule has 0 amide bonds. The molecule has 1 aliphatic carbocycles. The molecule has 0 aliphatic heterocycles. The highest BCUT2D eigenvalue weighted by Crippen LogP contribution is 2.29. The molecule has 110 valence electrons. The molecule has 0 aromatic heterocycles. The van der Waals surface area contributed by atoms with Crippen LogP contribution in [0.25, 0.3) is 0 Å². The van der Waals surface area contributed by atoms with Crippen LogP contribution in [-0.4, -0.2) is 28.9 Å². The Morgan fingerprint density at radius 2 is 2.10 bits per heavy atom. The number of aromatic carboxylic acids is 1. The third-order valence-corrected chi connectivity index (χ3v) is 4.02. The summed E-state index contributed by atoms with van der Waals surface area (Å²) in [4.78, 5) is 11.0. The second kappa shape index (κ2) is 6.95. The molecule has 1 saturated carbocycles. The Morgan fingerprint density at radius 1 is 1.40 bits per heavy atom. The van der Waals surface area contributed by atoms with Crippen molar-refractivity contribution in [3.8, 4) is 5.75 Å². The summed E-state index contributed by atoms with van der Waals surface area (Å²) in [6.45, 7) is 0.178. The van der Waals surface area contributed by atoms with E-state index in [1.165, 1.54) is 37.8 Å². The number of hydrogen-bond donors (Lipinski definition) is 2. The van der Waals surface area contributed by atoms with Gasteiger partial charge in [0.1, 0.15) is 12.4 Å². The lowest BCUT2D eigenvalue weighted by Crippen LogP contribution is -2.20. The minimum Gasteiger partial charge on any atom is -0.491 e. The van der Waals surface area contributed by atoms with Crippen molar-refractivity contribution in [2.45, 2.75) is 38.2 Å². The van der Waals surface area contributed by atoms with E-state index in [2.05, 4.69) is 0 Å². The van der Waals surface area contributed by atoms with Gasteiger partial charge in [0, 0.05) is 0 Å². The molecule has 1 fully saturated rings. The molecule has 0 heterocycles. The average molecular weight is 299 g/mol. The fraction of sp³-hybridized carbons (Fsp3) is 0.533. The molecule has 0 saturated heterocycles. The number of aliphatic hydroxyl groups is 1. The van der Waals surface area contributed by atoms with E-state index in [1.54, 1.807) is 6.07 Å². The van der Waals surface area contributed by atoms with Crippen molar-refractivity contribution in [2.24, 2.45) is 5.92 Å². The van der Waals surface area contributed by atoms with Crippen LogP contribution >= 0.6 is 11.6 Å². The summed E-state index contributed by atoms with van der Waals surface area (Å²) < 4.78 is 5.45. The number of ether oxygens (including phenoxy) is 1. The standard InChI is InChI=1S/C15H19ClO4/c16-14-6-5-12(8-13(14)15(18)19)20-9-11(17)7-10-3-1-2-4-10/h5-6,8,10-11,17H,1-4,7,9H2,(H,18,19). The van der Waals surface area contributed by atoms with E-state index >= 15 is 0 Å². The predicted molar refractivity (Wildman–Crippen MR) is 76.5 cm³/mol. The molecule has 5 heteroatoms. The zero-order chi connectivity index (χ0) is 14.5. The maximum Gasteiger partial charge on any atom is 0.337 e. The highest BCUT2D eigenvalue weighted by atomic mass is 35.5. The summed E-state index contributed by atoms with van der Waals surface area (Å²) in [6.07, 6.45) is 5.10. The Hall–Kier alpha value is -1.26. The normalized spacial score (nSPS) is 17.1. The number of hydrogen-bond acceptors (Lipinski definition) is 3. The number of aliphatic hydroxyl groups excluding tert-OH is 1. The Bertz CT molecular complexity index is 469. The van der Waals surface area contributed by atoms with Crippen LogP contribution in [0.3, 0.4) is 0 Å². The Balaban J connectivity index is 1.86. The molecule has 4 nitrogen and oxygen atoms in total. The van der Waals surface area contributed by atoms with Crippen molar-refractivity contribution in [2.75, 3.05) is 6.61 Å². The first-order chi connectivity index (χ1) is 9.56. The molecule has 20 heavy (non-hydrogen) atoms. The van der Waals surface area contributed by atoms with Gasteiger partial charge in [-0.2, -0.15) is 0 Å². The maximum absolute atomic E-state index is 11.0. The van der Waals surface area contributed by atoms with Crippen LogP contribution < -0.4 is 4.74 Å². The Labute approximate surface area is 123 Å². The smallest absolute Gasteiger partial charge is 0.337 e. The second-order valence-electron chi connectivity index (χ2n) is 5.30. The molecular formula is C15H19ClO4. The fourth-order valence-electron chi connectivity index (χ4n) is 2.65. The molecule has 0 radical (unpaired) electrons. The van der Waals surface area contributed by atoms with Gasteiger partial charge in [-0.05, 0) is 30.5 Å². The molecule has 1 aromatic rings. The van der Waals surface area contributed by atoms with E-state index in [4.69, 9.17) is 21.4 Å². The highest BCUT2D eigenvalue weighted by Gasteiger charge is 2.19. The molecule has 2 rings (SSSR count).